The molecule has 0 rings (SSSR count). The first-order valence-corrected chi connectivity index (χ1v) is 3.10. The van der Waals surface area contributed by atoms with Crippen LogP contribution in [-0.4, -0.2) is 13.0 Å². The number of hydrogen-bond donors (Lipinski definition) is 1. The zero-order valence-electron chi connectivity index (χ0n) is 5.98. The van der Waals surface area contributed by atoms with Gasteiger partial charge in [-0.05, 0) is 20.3 Å². The molecule has 1 amide bonds. The molecule has 0 saturated carbocycles. The van der Waals surface area contributed by atoms with Gasteiger partial charge < -0.3 is 5.32 Å². The second-order valence-electron chi connectivity index (χ2n) is 1.96. The lowest BCUT2D eigenvalue weighted by Crippen LogP contribution is -2.11. The summed E-state index contributed by atoms with van der Waals surface area (Å²) in [6, 6.07) is 0. The van der Waals surface area contributed by atoms with Crippen molar-refractivity contribution in [1.82, 2.24) is 5.32 Å². The van der Waals surface area contributed by atoms with E-state index in [1.165, 1.54) is 5.57 Å². The summed E-state index contributed by atoms with van der Waals surface area (Å²) in [5.41, 5.74) is 1.31. The highest BCUT2D eigenvalue weighted by molar-refractivity contribution is 5.45. The zero-order chi connectivity index (χ0) is 7.11. The van der Waals surface area contributed by atoms with Crippen molar-refractivity contribution in [2.75, 3.05) is 6.54 Å². The summed E-state index contributed by atoms with van der Waals surface area (Å²) < 4.78 is 0. The van der Waals surface area contributed by atoms with Crippen molar-refractivity contribution in [2.45, 2.75) is 20.3 Å². The Morgan fingerprint density at radius 3 is 2.78 bits per heavy atom. The van der Waals surface area contributed by atoms with Crippen LogP contribution in [0.4, 0.5) is 0 Å². The molecular formula is C7H13NO. The van der Waals surface area contributed by atoms with Crippen molar-refractivity contribution in [3.63, 3.8) is 0 Å². The van der Waals surface area contributed by atoms with Gasteiger partial charge in [-0.3, -0.25) is 4.79 Å². The molecule has 9 heavy (non-hydrogen) atoms. The van der Waals surface area contributed by atoms with E-state index in [4.69, 9.17) is 0 Å². The molecule has 0 unspecified atom stereocenters. The van der Waals surface area contributed by atoms with E-state index in [1.54, 1.807) is 0 Å². The Kier molecular flexibility index (Phi) is 4.88. The molecule has 0 atom stereocenters. The third-order valence-corrected chi connectivity index (χ3v) is 1.24. The summed E-state index contributed by atoms with van der Waals surface area (Å²) in [5, 5.41) is 2.59. The first-order valence-electron chi connectivity index (χ1n) is 3.10. The van der Waals surface area contributed by atoms with E-state index in [1.807, 2.05) is 19.9 Å². The Labute approximate surface area is 56.0 Å². The Morgan fingerprint density at radius 2 is 2.33 bits per heavy atom. The first kappa shape index (κ1) is 8.21. The van der Waals surface area contributed by atoms with Gasteiger partial charge in [-0.2, -0.15) is 0 Å². The average molecular weight is 127 g/mol. The van der Waals surface area contributed by atoms with Crippen molar-refractivity contribution >= 4 is 6.41 Å². The largest absolute Gasteiger partial charge is 0.358 e. The summed E-state index contributed by atoms with van der Waals surface area (Å²) >= 11 is 0. The van der Waals surface area contributed by atoms with Gasteiger partial charge in [0.05, 0.1) is 0 Å². The van der Waals surface area contributed by atoms with Crippen LogP contribution < -0.4 is 5.32 Å². The van der Waals surface area contributed by atoms with Gasteiger partial charge in [0.2, 0.25) is 6.41 Å². The molecule has 0 aromatic carbocycles. The van der Waals surface area contributed by atoms with Gasteiger partial charge in [0, 0.05) is 6.54 Å². The monoisotopic (exact) mass is 127 g/mol. The maximum Gasteiger partial charge on any atom is 0.207 e. The Hall–Kier alpha value is -0.790. The smallest absolute Gasteiger partial charge is 0.207 e. The predicted octanol–water partition coefficient (Wildman–Crippen LogP) is 1.09. The molecule has 0 saturated heterocycles. The maximum atomic E-state index is 9.74. The number of carbonyl (C=O) groups is 1. The lowest BCUT2D eigenvalue weighted by atomic mass is 10.2. The molecule has 0 spiro atoms. The van der Waals surface area contributed by atoms with E-state index >= 15 is 0 Å². The van der Waals surface area contributed by atoms with Gasteiger partial charge in [0.25, 0.3) is 0 Å². The fourth-order valence-electron chi connectivity index (χ4n) is 0.473. The average Bonchev–Trinajstić information content (AvgIpc) is 1.89. The molecular weight excluding hydrogens is 114 g/mol. The van der Waals surface area contributed by atoms with Crippen LogP contribution in [0.3, 0.4) is 0 Å². The van der Waals surface area contributed by atoms with Crippen LogP contribution >= 0.6 is 0 Å². The molecule has 0 heterocycles. The molecule has 2 nitrogen and oxygen atoms in total. The summed E-state index contributed by atoms with van der Waals surface area (Å²) in [6.45, 7) is 4.79. The molecule has 0 aliphatic heterocycles. The number of rotatable bonds is 4. The fraction of sp³-hybridized carbons (Fsp3) is 0.571. The van der Waals surface area contributed by atoms with Crippen LogP contribution in [0.2, 0.25) is 0 Å². The number of hydrogen-bond acceptors (Lipinski definition) is 1. The second kappa shape index (κ2) is 5.35. The number of amides is 1. The Morgan fingerprint density at radius 1 is 1.67 bits per heavy atom. The van der Waals surface area contributed by atoms with Gasteiger partial charge in [-0.25, -0.2) is 0 Å². The summed E-state index contributed by atoms with van der Waals surface area (Å²) in [5.74, 6) is 0. The highest BCUT2D eigenvalue weighted by Gasteiger charge is 1.84. The maximum absolute atomic E-state index is 9.74. The van der Waals surface area contributed by atoms with E-state index in [0.29, 0.717) is 0 Å². The highest BCUT2D eigenvalue weighted by Crippen LogP contribution is 1.95. The number of allylic oxidation sites excluding steroid dienone is 1. The topological polar surface area (TPSA) is 29.1 Å². The Balaban J connectivity index is 3.17. The predicted molar refractivity (Wildman–Crippen MR) is 38.1 cm³/mol. The van der Waals surface area contributed by atoms with Crippen molar-refractivity contribution in [1.29, 1.82) is 0 Å². The SMILES string of the molecule is C/C=C(/C)CCNC=O. The quantitative estimate of drug-likeness (QED) is 0.342. The second-order valence-corrected chi connectivity index (χ2v) is 1.96. The standard InChI is InChI=1S/C7H13NO/c1-3-7(2)4-5-8-6-9/h3,6H,4-5H2,1-2H3,(H,8,9)/b7-3-. The molecule has 1 N–H and O–H groups in total. The van der Waals surface area contributed by atoms with Crippen LogP contribution in [-0.2, 0) is 4.79 Å². The zero-order valence-corrected chi connectivity index (χ0v) is 5.98. The minimum absolute atomic E-state index is 0.725. The van der Waals surface area contributed by atoms with Gasteiger partial charge in [0.15, 0.2) is 0 Å². The first-order chi connectivity index (χ1) is 4.31. The van der Waals surface area contributed by atoms with E-state index in [-0.39, 0.29) is 0 Å². The van der Waals surface area contributed by atoms with Crippen LogP contribution in [0.25, 0.3) is 0 Å². The van der Waals surface area contributed by atoms with Crippen LogP contribution in [0.5, 0.6) is 0 Å². The van der Waals surface area contributed by atoms with Crippen molar-refractivity contribution in [3.8, 4) is 0 Å². The van der Waals surface area contributed by atoms with E-state index < -0.39 is 0 Å². The molecule has 0 radical (unpaired) electrons. The normalized spacial score (nSPS) is 11.1. The van der Waals surface area contributed by atoms with Crippen molar-refractivity contribution in [3.05, 3.63) is 11.6 Å². The lowest BCUT2D eigenvalue weighted by Gasteiger charge is -1.96. The van der Waals surface area contributed by atoms with Gasteiger partial charge >= 0.3 is 0 Å². The summed E-state index contributed by atoms with van der Waals surface area (Å²) in [6.07, 6.45) is 3.73. The van der Waals surface area contributed by atoms with Gasteiger partial charge in [0.1, 0.15) is 0 Å². The lowest BCUT2D eigenvalue weighted by molar-refractivity contribution is -0.109. The van der Waals surface area contributed by atoms with Crippen LogP contribution in [0.1, 0.15) is 20.3 Å². The summed E-state index contributed by atoms with van der Waals surface area (Å²) in [7, 11) is 0. The molecule has 0 fully saturated rings. The van der Waals surface area contributed by atoms with Crippen LogP contribution in [0, 0.1) is 0 Å². The molecule has 0 bridgehead atoms. The minimum Gasteiger partial charge on any atom is -0.358 e. The minimum atomic E-state index is 0.725. The molecule has 2 heteroatoms. The van der Waals surface area contributed by atoms with E-state index in [0.717, 1.165) is 19.4 Å². The third kappa shape index (κ3) is 5.07. The van der Waals surface area contributed by atoms with E-state index in [2.05, 4.69) is 5.32 Å². The van der Waals surface area contributed by atoms with Gasteiger partial charge in [-0.1, -0.05) is 11.6 Å². The molecule has 0 aliphatic carbocycles. The van der Waals surface area contributed by atoms with Crippen molar-refractivity contribution in [2.24, 2.45) is 0 Å². The third-order valence-electron chi connectivity index (χ3n) is 1.24. The number of nitrogens with one attached hydrogen (secondary N) is 1. The van der Waals surface area contributed by atoms with E-state index in [9.17, 15) is 4.79 Å². The molecule has 0 aliphatic rings. The molecule has 0 aromatic heterocycles. The fourth-order valence-corrected chi connectivity index (χ4v) is 0.473. The number of carbonyl (C=O) groups excluding carboxylic acids is 1. The Bertz CT molecular complexity index is 107. The van der Waals surface area contributed by atoms with Crippen LogP contribution in [0.15, 0.2) is 11.6 Å². The van der Waals surface area contributed by atoms with Gasteiger partial charge in [-0.15, -0.1) is 0 Å². The molecule has 0 aromatic rings. The van der Waals surface area contributed by atoms with Crippen molar-refractivity contribution < 1.29 is 4.79 Å². The molecule has 52 valence electrons. The summed E-state index contributed by atoms with van der Waals surface area (Å²) in [4.78, 5) is 9.74. The highest BCUT2D eigenvalue weighted by atomic mass is 16.1.